The Bertz CT molecular complexity index is 1280. The number of Topliss-reactive ketones (excluding diaryl/α,β-unsaturated/α-hetero) is 1. The number of rotatable bonds is 5. The molecule has 10 heteroatoms. The molecule has 0 spiro atoms. The van der Waals surface area contributed by atoms with Gasteiger partial charge in [0.1, 0.15) is 12.2 Å². The summed E-state index contributed by atoms with van der Waals surface area (Å²) < 4.78 is 2.37. The summed E-state index contributed by atoms with van der Waals surface area (Å²) in [5, 5.41) is 11.2. The maximum atomic E-state index is 12.3. The molecule has 1 N–H and O–H groups in total. The Morgan fingerprint density at radius 1 is 1.07 bits per heavy atom. The molecule has 1 aliphatic rings. The molecule has 0 saturated carbocycles. The normalized spacial score (nSPS) is 13.1. The summed E-state index contributed by atoms with van der Waals surface area (Å²) in [6, 6.07) is 14.5. The number of carbonyl (C=O) groups excluding carboxylic acids is 3. The lowest BCUT2D eigenvalue weighted by molar-refractivity contribution is -0.117. The van der Waals surface area contributed by atoms with E-state index in [1.54, 1.807) is 30.5 Å². The summed E-state index contributed by atoms with van der Waals surface area (Å²) in [4.78, 5) is 42.4. The largest absolute Gasteiger partial charge is 0.300 e. The molecule has 1 aliphatic heterocycles. The molecule has 4 aromatic rings. The summed E-state index contributed by atoms with van der Waals surface area (Å²) in [5.41, 5.74) is 2.23. The highest BCUT2D eigenvalue weighted by molar-refractivity contribution is 7.22. The number of hydrogen-bond donors (Lipinski definition) is 1. The number of thiazole rings is 1. The van der Waals surface area contributed by atoms with Crippen LogP contribution in [0.3, 0.4) is 0 Å². The first-order valence-corrected chi connectivity index (χ1v) is 9.90. The third-order valence-corrected chi connectivity index (χ3v) is 5.58. The smallest absolute Gasteiger partial charge is 0.299 e. The van der Waals surface area contributed by atoms with Crippen LogP contribution in [0.15, 0.2) is 54.7 Å². The molecule has 0 radical (unpaired) electrons. The van der Waals surface area contributed by atoms with Crippen LogP contribution in [0.1, 0.15) is 16.1 Å². The van der Waals surface area contributed by atoms with Crippen molar-refractivity contribution in [3.8, 4) is 0 Å². The Balaban J connectivity index is 1.26. The highest BCUT2D eigenvalue weighted by Gasteiger charge is 2.35. The van der Waals surface area contributed by atoms with Crippen LogP contribution in [0.5, 0.6) is 0 Å². The minimum absolute atomic E-state index is 0.0492. The summed E-state index contributed by atoms with van der Waals surface area (Å²) in [7, 11) is 0. The Kier molecular flexibility index (Phi) is 4.32. The minimum Gasteiger partial charge on any atom is -0.300 e. The van der Waals surface area contributed by atoms with Crippen LogP contribution in [0.25, 0.3) is 10.2 Å². The van der Waals surface area contributed by atoms with Crippen molar-refractivity contribution < 1.29 is 14.4 Å². The third kappa shape index (κ3) is 3.22. The second-order valence-corrected chi connectivity index (χ2v) is 7.71. The molecule has 0 bridgehead atoms. The maximum absolute atomic E-state index is 12.3. The molecular formula is C20H14N6O3S. The van der Waals surface area contributed by atoms with Crippen molar-refractivity contribution >= 4 is 50.0 Å². The van der Waals surface area contributed by atoms with Gasteiger partial charge in [0.05, 0.1) is 34.2 Å². The van der Waals surface area contributed by atoms with Gasteiger partial charge in [0.15, 0.2) is 5.13 Å². The van der Waals surface area contributed by atoms with Gasteiger partial charge < -0.3 is 5.32 Å². The molecule has 0 fully saturated rings. The number of amides is 2. The topological polar surface area (TPSA) is 110 Å². The van der Waals surface area contributed by atoms with Gasteiger partial charge in [-0.3, -0.25) is 19.3 Å². The van der Waals surface area contributed by atoms with E-state index < -0.39 is 11.7 Å². The van der Waals surface area contributed by atoms with E-state index in [0.29, 0.717) is 22.1 Å². The number of aromatic nitrogens is 4. The number of benzene rings is 2. The first-order chi connectivity index (χ1) is 14.6. The molecule has 148 valence electrons. The highest BCUT2D eigenvalue weighted by Crippen LogP contribution is 2.29. The van der Waals surface area contributed by atoms with E-state index in [-0.39, 0.29) is 19.0 Å². The van der Waals surface area contributed by atoms with Crippen molar-refractivity contribution in [2.45, 2.75) is 13.1 Å². The number of para-hydroxylation sites is 2. The number of fused-ring (bicyclic) bond motifs is 2. The van der Waals surface area contributed by atoms with Crippen molar-refractivity contribution in [3.63, 3.8) is 0 Å². The molecule has 0 unspecified atom stereocenters. The van der Waals surface area contributed by atoms with Crippen LogP contribution in [-0.4, -0.2) is 37.6 Å². The molecule has 2 aromatic carbocycles. The molecular weight excluding hydrogens is 404 g/mol. The number of carbonyl (C=O) groups is 3. The molecule has 3 heterocycles. The Hall–Kier alpha value is -3.92. The van der Waals surface area contributed by atoms with E-state index in [9.17, 15) is 14.4 Å². The van der Waals surface area contributed by atoms with Crippen molar-refractivity contribution in [2.24, 2.45) is 0 Å². The molecule has 5 rings (SSSR count). The van der Waals surface area contributed by atoms with Crippen LogP contribution >= 0.6 is 11.3 Å². The van der Waals surface area contributed by atoms with Crippen molar-refractivity contribution in [2.75, 3.05) is 10.2 Å². The van der Waals surface area contributed by atoms with Crippen molar-refractivity contribution in [1.82, 2.24) is 20.0 Å². The van der Waals surface area contributed by atoms with Gasteiger partial charge in [-0.1, -0.05) is 40.8 Å². The van der Waals surface area contributed by atoms with Crippen molar-refractivity contribution in [3.05, 3.63) is 66.0 Å². The predicted molar refractivity (Wildman–Crippen MR) is 110 cm³/mol. The van der Waals surface area contributed by atoms with Gasteiger partial charge in [0, 0.05) is 0 Å². The third-order valence-electron chi connectivity index (χ3n) is 4.63. The first kappa shape index (κ1) is 18.1. The Labute approximate surface area is 173 Å². The van der Waals surface area contributed by atoms with Gasteiger partial charge in [0.2, 0.25) is 5.91 Å². The molecule has 0 saturated heterocycles. The molecule has 2 amide bonds. The second kappa shape index (κ2) is 7.16. The zero-order chi connectivity index (χ0) is 20.7. The highest BCUT2D eigenvalue weighted by atomic mass is 32.1. The number of anilines is 2. The Morgan fingerprint density at radius 3 is 2.73 bits per heavy atom. The van der Waals surface area contributed by atoms with Crippen LogP contribution in [0.4, 0.5) is 10.8 Å². The monoisotopic (exact) mass is 418 g/mol. The number of hydrogen-bond acceptors (Lipinski definition) is 7. The predicted octanol–water partition coefficient (Wildman–Crippen LogP) is 2.26. The zero-order valence-corrected chi connectivity index (χ0v) is 16.3. The lowest BCUT2D eigenvalue weighted by Crippen LogP contribution is -2.29. The molecule has 9 nitrogen and oxygen atoms in total. The molecule has 0 aliphatic carbocycles. The van der Waals surface area contributed by atoms with Gasteiger partial charge in [-0.15, -0.1) is 5.10 Å². The van der Waals surface area contributed by atoms with Crippen LogP contribution in [0, 0.1) is 0 Å². The quantitative estimate of drug-likeness (QED) is 0.498. The Morgan fingerprint density at radius 2 is 1.87 bits per heavy atom. The lowest BCUT2D eigenvalue weighted by atomic mass is 10.1. The van der Waals surface area contributed by atoms with E-state index in [0.717, 1.165) is 10.2 Å². The molecule has 2 aromatic heterocycles. The maximum Gasteiger partial charge on any atom is 0.299 e. The summed E-state index contributed by atoms with van der Waals surface area (Å²) in [6.07, 6.45) is 1.58. The van der Waals surface area contributed by atoms with E-state index >= 15 is 0 Å². The fourth-order valence-electron chi connectivity index (χ4n) is 3.29. The lowest BCUT2D eigenvalue weighted by Gasteiger charge is -2.14. The zero-order valence-electron chi connectivity index (χ0n) is 15.5. The van der Waals surface area contributed by atoms with E-state index in [1.807, 2.05) is 24.3 Å². The van der Waals surface area contributed by atoms with Gasteiger partial charge >= 0.3 is 0 Å². The van der Waals surface area contributed by atoms with Crippen LogP contribution < -0.4 is 10.2 Å². The second-order valence-electron chi connectivity index (χ2n) is 6.68. The van der Waals surface area contributed by atoms with Crippen LogP contribution in [0.2, 0.25) is 0 Å². The van der Waals surface area contributed by atoms with Gasteiger partial charge in [-0.05, 0) is 24.3 Å². The summed E-state index contributed by atoms with van der Waals surface area (Å²) >= 11 is 1.39. The van der Waals surface area contributed by atoms with Gasteiger partial charge in [-0.25, -0.2) is 9.67 Å². The van der Waals surface area contributed by atoms with Gasteiger partial charge in [-0.2, -0.15) is 0 Å². The first-order valence-electron chi connectivity index (χ1n) is 9.08. The number of nitrogens with one attached hydrogen (secondary N) is 1. The minimum atomic E-state index is -0.598. The van der Waals surface area contributed by atoms with E-state index in [4.69, 9.17) is 0 Å². The van der Waals surface area contributed by atoms with E-state index in [2.05, 4.69) is 20.6 Å². The average Bonchev–Trinajstić information content (AvgIpc) is 3.41. The van der Waals surface area contributed by atoms with Crippen LogP contribution in [-0.2, 0) is 22.7 Å². The van der Waals surface area contributed by atoms with E-state index in [1.165, 1.54) is 20.9 Å². The SMILES string of the molecule is O=C(Cn1cc(CN2C(=O)C(=O)c3ccccc32)nn1)Nc1nc2ccccc2s1. The average molecular weight is 418 g/mol. The summed E-state index contributed by atoms with van der Waals surface area (Å²) in [6.45, 7) is 0.0491. The van der Waals surface area contributed by atoms with Crippen molar-refractivity contribution in [1.29, 1.82) is 0 Å². The standard InChI is InChI=1S/C20H14N6O3S/c27-17(22-20-21-14-6-2-4-8-16(14)30-20)11-25-9-12(23-24-25)10-26-15-7-3-1-5-13(15)18(28)19(26)29/h1-9H,10-11H2,(H,21,22,27). The number of nitrogens with zero attached hydrogens (tertiary/aromatic N) is 5. The fraction of sp³-hybridized carbons (Fsp3) is 0.100. The molecule has 30 heavy (non-hydrogen) atoms. The van der Waals surface area contributed by atoms with Gasteiger partial charge in [0.25, 0.3) is 11.7 Å². The summed E-state index contributed by atoms with van der Waals surface area (Å²) in [5.74, 6) is -1.42. The molecule has 0 atom stereocenters. The fourth-order valence-corrected chi connectivity index (χ4v) is 4.17. The number of ketones is 1.